The number of hydrogen-bond acceptors (Lipinski definition) is 6. The summed E-state index contributed by atoms with van der Waals surface area (Å²) in [6.07, 6.45) is 24.2. The first-order chi connectivity index (χ1) is 18.9. The summed E-state index contributed by atoms with van der Waals surface area (Å²) in [4.78, 5) is 0. The lowest BCUT2D eigenvalue weighted by atomic mass is 10.1. The lowest BCUT2D eigenvalue weighted by Gasteiger charge is -2.08. The van der Waals surface area contributed by atoms with E-state index in [1.807, 2.05) is 0 Å². The molecule has 0 radical (unpaired) electrons. The molecule has 0 N–H and O–H groups in total. The van der Waals surface area contributed by atoms with Gasteiger partial charge in [-0.3, -0.25) is 0 Å². The standard InChI is InChI=1S/C32H66O6/c1-3-5-7-9-11-13-14-16-18-20-22-34-24-26-36-28-30-38-32-31-37-29-27-35-25-23-33-21-19-17-15-12-10-8-6-4-2/h3-32H2,1-2H3. The quantitative estimate of drug-likeness (QED) is 0.0748. The van der Waals surface area contributed by atoms with E-state index in [-0.39, 0.29) is 0 Å². The van der Waals surface area contributed by atoms with Gasteiger partial charge >= 0.3 is 0 Å². The highest BCUT2D eigenvalue weighted by atomic mass is 16.6. The van der Waals surface area contributed by atoms with Gasteiger partial charge in [-0.05, 0) is 12.8 Å². The van der Waals surface area contributed by atoms with Gasteiger partial charge in [0, 0.05) is 13.2 Å². The Morgan fingerprint density at radius 2 is 0.395 bits per heavy atom. The van der Waals surface area contributed by atoms with Crippen LogP contribution in [0.1, 0.15) is 129 Å². The van der Waals surface area contributed by atoms with Crippen LogP contribution < -0.4 is 0 Å². The highest BCUT2D eigenvalue weighted by Gasteiger charge is 1.96. The van der Waals surface area contributed by atoms with Gasteiger partial charge in [0.25, 0.3) is 0 Å². The monoisotopic (exact) mass is 546 g/mol. The van der Waals surface area contributed by atoms with Gasteiger partial charge in [0.1, 0.15) is 0 Å². The summed E-state index contributed by atoms with van der Waals surface area (Å²) in [7, 11) is 0. The van der Waals surface area contributed by atoms with E-state index in [0.29, 0.717) is 66.1 Å². The molecule has 0 aliphatic rings. The van der Waals surface area contributed by atoms with Gasteiger partial charge in [0.2, 0.25) is 0 Å². The second-order valence-corrected chi connectivity index (χ2v) is 10.3. The number of ether oxygens (including phenoxy) is 6. The van der Waals surface area contributed by atoms with E-state index < -0.39 is 0 Å². The van der Waals surface area contributed by atoms with Crippen LogP contribution in [0.3, 0.4) is 0 Å². The average molecular weight is 547 g/mol. The second kappa shape index (κ2) is 36.8. The van der Waals surface area contributed by atoms with Crippen LogP contribution in [0.2, 0.25) is 0 Å². The maximum atomic E-state index is 5.65. The first kappa shape index (κ1) is 37.8. The molecule has 0 aromatic carbocycles. The molecule has 0 saturated heterocycles. The second-order valence-electron chi connectivity index (χ2n) is 10.3. The zero-order valence-electron chi connectivity index (χ0n) is 25.7. The van der Waals surface area contributed by atoms with E-state index >= 15 is 0 Å². The SMILES string of the molecule is CCCCCCCCCCCCOCCOCCOCCOCCOCCOCCCCCCCCCC. The summed E-state index contributed by atoms with van der Waals surface area (Å²) in [6.45, 7) is 12.4. The third-order valence-electron chi connectivity index (χ3n) is 6.64. The summed E-state index contributed by atoms with van der Waals surface area (Å²) in [5, 5.41) is 0. The van der Waals surface area contributed by atoms with Gasteiger partial charge in [0.15, 0.2) is 0 Å². The number of unbranched alkanes of at least 4 members (excludes halogenated alkanes) is 16. The van der Waals surface area contributed by atoms with Gasteiger partial charge < -0.3 is 28.4 Å². The molecule has 0 heterocycles. The lowest BCUT2D eigenvalue weighted by molar-refractivity contribution is -0.0169. The Morgan fingerprint density at radius 1 is 0.211 bits per heavy atom. The smallest absolute Gasteiger partial charge is 0.0701 e. The van der Waals surface area contributed by atoms with Gasteiger partial charge in [-0.25, -0.2) is 0 Å². The summed E-state index contributed by atoms with van der Waals surface area (Å²) in [5.41, 5.74) is 0. The molecule has 0 bridgehead atoms. The molecule has 0 atom stereocenters. The molecule has 0 spiro atoms. The van der Waals surface area contributed by atoms with E-state index in [4.69, 9.17) is 28.4 Å². The largest absolute Gasteiger partial charge is 0.379 e. The molecular formula is C32H66O6. The van der Waals surface area contributed by atoms with Gasteiger partial charge in [-0.1, -0.05) is 117 Å². The maximum Gasteiger partial charge on any atom is 0.0701 e. The van der Waals surface area contributed by atoms with Crippen molar-refractivity contribution in [2.75, 3.05) is 79.3 Å². The van der Waals surface area contributed by atoms with Crippen LogP contribution in [0.15, 0.2) is 0 Å². The molecule has 0 unspecified atom stereocenters. The molecule has 6 nitrogen and oxygen atoms in total. The topological polar surface area (TPSA) is 55.4 Å². The van der Waals surface area contributed by atoms with Crippen LogP contribution in [0, 0.1) is 0 Å². The molecule has 0 fully saturated rings. The number of rotatable bonds is 35. The van der Waals surface area contributed by atoms with Crippen molar-refractivity contribution in [3.63, 3.8) is 0 Å². The highest BCUT2D eigenvalue weighted by Crippen LogP contribution is 2.10. The maximum absolute atomic E-state index is 5.65. The summed E-state index contributed by atoms with van der Waals surface area (Å²) in [5.74, 6) is 0. The molecule has 0 aromatic heterocycles. The highest BCUT2D eigenvalue weighted by molar-refractivity contribution is 4.48. The molecule has 230 valence electrons. The first-order valence-corrected chi connectivity index (χ1v) is 16.4. The summed E-state index contributed by atoms with van der Waals surface area (Å²) >= 11 is 0. The van der Waals surface area contributed by atoms with Crippen molar-refractivity contribution < 1.29 is 28.4 Å². The van der Waals surface area contributed by atoms with E-state index in [0.717, 1.165) is 26.1 Å². The van der Waals surface area contributed by atoms with Crippen molar-refractivity contribution in [1.82, 2.24) is 0 Å². The molecule has 6 heteroatoms. The molecule has 0 saturated carbocycles. The third kappa shape index (κ3) is 35.8. The normalized spacial score (nSPS) is 11.5. The zero-order chi connectivity index (χ0) is 27.5. The minimum absolute atomic E-state index is 0.584. The molecule has 0 aliphatic carbocycles. The van der Waals surface area contributed by atoms with Crippen LogP contribution >= 0.6 is 0 Å². The minimum Gasteiger partial charge on any atom is -0.379 e. The molecule has 0 aliphatic heterocycles. The van der Waals surface area contributed by atoms with Crippen molar-refractivity contribution >= 4 is 0 Å². The van der Waals surface area contributed by atoms with Crippen LogP contribution in [0.25, 0.3) is 0 Å². The van der Waals surface area contributed by atoms with E-state index in [2.05, 4.69) is 13.8 Å². The summed E-state index contributed by atoms with van der Waals surface area (Å²) < 4.78 is 33.4. The Hall–Kier alpha value is -0.240. The third-order valence-corrected chi connectivity index (χ3v) is 6.64. The van der Waals surface area contributed by atoms with Crippen molar-refractivity contribution in [3.8, 4) is 0 Å². The Labute approximate surface area is 237 Å². The van der Waals surface area contributed by atoms with Crippen molar-refractivity contribution in [2.45, 2.75) is 129 Å². The fourth-order valence-corrected chi connectivity index (χ4v) is 4.23. The van der Waals surface area contributed by atoms with Crippen LogP contribution in [-0.4, -0.2) is 79.3 Å². The van der Waals surface area contributed by atoms with Crippen LogP contribution in [0.5, 0.6) is 0 Å². The van der Waals surface area contributed by atoms with Crippen LogP contribution in [0.4, 0.5) is 0 Å². The summed E-state index contributed by atoms with van der Waals surface area (Å²) in [6, 6.07) is 0. The van der Waals surface area contributed by atoms with E-state index in [9.17, 15) is 0 Å². The molecule has 0 aromatic rings. The van der Waals surface area contributed by atoms with Crippen molar-refractivity contribution in [2.24, 2.45) is 0 Å². The number of hydrogen-bond donors (Lipinski definition) is 0. The average Bonchev–Trinajstić information content (AvgIpc) is 2.93. The predicted molar refractivity (Wildman–Crippen MR) is 159 cm³/mol. The van der Waals surface area contributed by atoms with Crippen molar-refractivity contribution in [3.05, 3.63) is 0 Å². The fraction of sp³-hybridized carbons (Fsp3) is 1.00. The van der Waals surface area contributed by atoms with E-state index in [1.165, 1.54) is 103 Å². The Morgan fingerprint density at radius 3 is 0.632 bits per heavy atom. The Kier molecular flexibility index (Phi) is 36.5. The van der Waals surface area contributed by atoms with Crippen LogP contribution in [-0.2, 0) is 28.4 Å². The lowest BCUT2D eigenvalue weighted by Crippen LogP contribution is -2.14. The Bertz CT molecular complexity index is 360. The fourth-order valence-electron chi connectivity index (χ4n) is 4.23. The van der Waals surface area contributed by atoms with Gasteiger partial charge in [0.05, 0.1) is 66.1 Å². The van der Waals surface area contributed by atoms with Gasteiger partial charge in [-0.2, -0.15) is 0 Å². The molecule has 0 amide bonds. The minimum atomic E-state index is 0.584. The first-order valence-electron chi connectivity index (χ1n) is 16.4. The molecule has 38 heavy (non-hydrogen) atoms. The van der Waals surface area contributed by atoms with Crippen molar-refractivity contribution in [1.29, 1.82) is 0 Å². The predicted octanol–water partition coefficient (Wildman–Crippen LogP) is 8.15. The molecular weight excluding hydrogens is 480 g/mol. The Balaban J connectivity index is 3.01. The van der Waals surface area contributed by atoms with E-state index in [1.54, 1.807) is 0 Å². The molecule has 0 rings (SSSR count). The zero-order valence-corrected chi connectivity index (χ0v) is 25.7. The van der Waals surface area contributed by atoms with Gasteiger partial charge in [-0.15, -0.1) is 0 Å².